The van der Waals surface area contributed by atoms with Gasteiger partial charge in [0.05, 0.1) is 0 Å². The summed E-state index contributed by atoms with van der Waals surface area (Å²) in [6, 6.07) is 0. The molecule has 0 N–H and O–H groups in total. The van der Waals surface area contributed by atoms with E-state index in [4.69, 9.17) is 14.2 Å². The maximum Gasteiger partial charge on any atom is 0.306 e. The van der Waals surface area contributed by atoms with E-state index < -0.39 is 6.10 Å². The lowest BCUT2D eigenvalue weighted by molar-refractivity contribution is -0.166. The van der Waals surface area contributed by atoms with Gasteiger partial charge in [-0.3, -0.25) is 14.4 Å². The maximum absolute atomic E-state index is 13.0. The summed E-state index contributed by atoms with van der Waals surface area (Å²) in [5.41, 5.74) is 0. The number of rotatable bonds is 64. The molecular weight excluding hydrogens is 1010 g/mol. The normalized spacial score (nSPS) is 12.7. The molecule has 6 nitrogen and oxygen atoms in total. The first-order chi connectivity index (χ1) is 40.5. The van der Waals surface area contributed by atoms with E-state index in [1.54, 1.807) is 0 Å². The molecule has 6 heteroatoms. The van der Waals surface area contributed by atoms with E-state index in [2.05, 4.69) is 112 Å². The lowest BCUT2D eigenvalue weighted by Crippen LogP contribution is -2.30. The van der Waals surface area contributed by atoms with Crippen molar-refractivity contribution >= 4 is 17.9 Å². The first kappa shape index (κ1) is 78.3. The monoisotopic (exact) mass is 1140 g/mol. The molecule has 0 aromatic carbocycles. The highest BCUT2D eigenvalue weighted by atomic mass is 16.6. The van der Waals surface area contributed by atoms with Crippen LogP contribution >= 0.6 is 0 Å². The van der Waals surface area contributed by atoms with Crippen LogP contribution in [0.4, 0.5) is 0 Å². The Morgan fingerprint density at radius 3 is 0.817 bits per heavy atom. The summed E-state index contributed by atoms with van der Waals surface area (Å²) in [5, 5.41) is 0. The molecular formula is C76H132O6. The van der Waals surface area contributed by atoms with E-state index in [1.165, 1.54) is 218 Å². The van der Waals surface area contributed by atoms with Crippen LogP contribution in [0.25, 0.3) is 0 Å². The summed E-state index contributed by atoms with van der Waals surface area (Å²) in [6.45, 7) is 6.50. The molecule has 0 aliphatic carbocycles. The number of hydrogen-bond donors (Lipinski definition) is 0. The molecule has 0 saturated heterocycles. The van der Waals surface area contributed by atoms with Crippen molar-refractivity contribution in [3.8, 4) is 0 Å². The summed E-state index contributed by atoms with van der Waals surface area (Å²) in [4.78, 5) is 38.4. The first-order valence-corrected chi connectivity index (χ1v) is 35.2. The number of carbonyl (C=O) groups is 3. The van der Waals surface area contributed by atoms with Gasteiger partial charge in [0.15, 0.2) is 6.10 Å². The van der Waals surface area contributed by atoms with Gasteiger partial charge in [-0.05, 0) is 89.9 Å². The van der Waals surface area contributed by atoms with E-state index in [9.17, 15) is 14.4 Å². The molecule has 0 amide bonds. The molecule has 0 saturated carbocycles. The minimum atomic E-state index is -0.812. The van der Waals surface area contributed by atoms with Crippen LogP contribution in [0.2, 0.25) is 0 Å². The predicted molar refractivity (Wildman–Crippen MR) is 357 cm³/mol. The fraction of sp³-hybridized carbons (Fsp3) is 0.750. The van der Waals surface area contributed by atoms with Gasteiger partial charge >= 0.3 is 17.9 Å². The van der Waals surface area contributed by atoms with Crippen LogP contribution in [0.15, 0.2) is 97.2 Å². The van der Waals surface area contributed by atoms with Gasteiger partial charge in [0.25, 0.3) is 0 Å². The van der Waals surface area contributed by atoms with Crippen LogP contribution in [-0.4, -0.2) is 37.2 Å². The molecule has 0 aliphatic rings. The molecule has 0 bridgehead atoms. The molecule has 82 heavy (non-hydrogen) atoms. The second-order valence-electron chi connectivity index (χ2n) is 23.4. The summed E-state index contributed by atoms with van der Waals surface area (Å²) >= 11 is 0. The lowest BCUT2D eigenvalue weighted by atomic mass is 10.0. The van der Waals surface area contributed by atoms with Crippen LogP contribution in [0.1, 0.15) is 348 Å². The second-order valence-corrected chi connectivity index (χ2v) is 23.4. The molecule has 472 valence electrons. The van der Waals surface area contributed by atoms with Crippen molar-refractivity contribution in [3.05, 3.63) is 97.2 Å². The number of esters is 3. The van der Waals surface area contributed by atoms with Crippen molar-refractivity contribution < 1.29 is 28.6 Å². The Bertz CT molecular complexity index is 1590. The van der Waals surface area contributed by atoms with Crippen molar-refractivity contribution in [2.45, 2.75) is 354 Å². The smallest absolute Gasteiger partial charge is 0.306 e. The average molecular weight is 1140 g/mol. The van der Waals surface area contributed by atoms with Gasteiger partial charge in [-0.1, -0.05) is 336 Å². The minimum Gasteiger partial charge on any atom is -0.462 e. The van der Waals surface area contributed by atoms with Gasteiger partial charge in [0.2, 0.25) is 0 Å². The molecule has 0 radical (unpaired) electrons. The van der Waals surface area contributed by atoms with E-state index in [0.717, 1.165) is 83.5 Å². The number of hydrogen-bond acceptors (Lipinski definition) is 6. The number of unbranched alkanes of at least 4 members (excludes halogenated alkanes) is 37. The highest BCUT2D eigenvalue weighted by molar-refractivity contribution is 5.71. The SMILES string of the molecule is CC/C=C\C/C=C\C/C=C\C/C=C\C/C=C\C/C=C\CCC(=O)OCC(COC(=O)CCCCCCCCCCCCCCCCCCCCCCCCCC)OC(=O)CCCCCCCCCCC/C=C\C/C=C\CCCCCCC. The summed E-state index contributed by atoms with van der Waals surface area (Å²) in [7, 11) is 0. The van der Waals surface area contributed by atoms with Gasteiger partial charge in [-0.2, -0.15) is 0 Å². The van der Waals surface area contributed by atoms with Gasteiger partial charge < -0.3 is 14.2 Å². The van der Waals surface area contributed by atoms with Gasteiger partial charge in [-0.25, -0.2) is 0 Å². The van der Waals surface area contributed by atoms with Crippen molar-refractivity contribution in [1.82, 2.24) is 0 Å². The largest absolute Gasteiger partial charge is 0.462 e. The highest BCUT2D eigenvalue weighted by Crippen LogP contribution is 2.18. The Balaban J connectivity index is 4.42. The van der Waals surface area contributed by atoms with E-state index in [-0.39, 0.29) is 37.5 Å². The number of ether oxygens (including phenoxy) is 3. The third-order valence-corrected chi connectivity index (χ3v) is 15.3. The molecule has 0 spiro atoms. The quantitative estimate of drug-likeness (QED) is 0.0261. The van der Waals surface area contributed by atoms with E-state index >= 15 is 0 Å². The molecule has 0 heterocycles. The van der Waals surface area contributed by atoms with Gasteiger partial charge in [-0.15, -0.1) is 0 Å². The van der Waals surface area contributed by atoms with Crippen molar-refractivity contribution in [3.63, 3.8) is 0 Å². The Kier molecular flexibility index (Phi) is 66.7. The molecule has 1 atom stereocenters. The van der Waals surface area contributed by atoms with Crippen molar-refractivity contribution in [1.29, 1.82) is 0 Å². The third kappa shape index (κ3) is 67.1. The van der Waals surface area contributed by atoms with E-state index in [1.807, 2.05) is 6.08 Å². The van der Waals surface area contributed by atoms with Crippen molar-refractivity contribution in [2.24, 2.45) is 0 Å². The maximum atomic E-state index is 13.0. The zero-order valence-electron chi connectivity index (χ0n) is 54.2. The first-order valence-electron chi connectivity index (χ1n) is 35.2. The summed E-state index contributed by atoms with van der Waals surface area (Å²) in [5.74, 6) is -0.975. The summed E-state index contributed by atoms with van der Waals surface area (Å²) < 4.78 is 16.9. The zero-order valence-corrected chi connectivity index (χ0v) is 54.2. The van der Waals surface area contributed by atoms with Crippen LogP contribution in [-0.2, 0) is 28.6 Å². The van der Waals surface area contributed by atoms with Crippen LogP contribution < -0.4 is 0 Å². The van der Waals surface area contributed by atoms with E-state index in [0.29, 0.717) is 19.3 Å². The molecule has 1 unspecified atom stereocenters. The fourth-order valence-corrected chi connectivity index (χ4v) is 10.1. The predicted octanol–water partition coefficient (Wildman–Crippen LogP) is 24.4. The van der Waals surface area contributed by atoms with Crippen LogP contribution in [0.3, 0.4) is 0 Å². The Morgan fingerprint density at radius 2 is 0.500 bits per heavy atom. The average Bonchev–Trinajstić information content (AvgIpc) is 3.47. The molecule has 0 aromatic heterocycles. The standard InChI is InChI=1S/C76H132O6/c1-4-7-10-13-16-19-22-25-28-31-34-36-37-38-40-42-45-48-51-54-57-60-63-66-69-75(78)81-72-73(71-80-74(77)68-65-62-59-56-53-50-47-44-41-33-30-27-24-21-18-15-12-9-6-3)82-76(79)70-67-64-61-58-55-52-49-46-43-39-35-32-29-26-23-20-17-14-11-8-5-2/h9,12,18,21,23,26-27,30,32,35,41,44,50,53,59,62,73H,4-8,10-11,13-17,19-20,22,24-25,28-29,31,33-34,36-40,42-43,45-49,51-52,54-58,60-61,63-72H2,1-3H3/b12-9-,21-18-,26-23-,30-27-,35-32-,44-41-,53-50-,62-59-. The lowest BCUT2D eigenvalue weighted by Gasteiger charge is -2.18. The van der Waals surface area contributed by atoms with Crippen molar-refractivity contribution in [2.75, 3.05) is 13.2 Å². The Hall–Kier alpha value is -3.67. The van der Waals surface area contributed by atoms with Crippen LogP contribution in [0, 0.1) is 0 Å². The Labute approximate surface area is 508 Å². The number of allylic oxidation sites excluding steroid dienone is 16. The third-order valence-electron chi connectivity index (χ3n) is 15.3. The van der Waals surface area contributed by atoms with Gasteiger partial charge in [0.1, 0.15) is 13.2 Å². The topological polar surface area (TPSA) is 78.9 Å². The Morgan fingerprint density at radius 1 is 0.256 bits per heavy atom. The molecule has 0 fully saturated rings. The highest BCUT2D eigenvalue weighted by Gasteiger charge is 2.19. The fourth-order valence-electron chi connectivity index (χ4n) is 10.1. The number of carbonyl (C=O) groups excluding carboxylic acids is 3. The molecule has 0 aromatic rings. The minimum absolute atomic E-state index is 0.0999. The molecule has 0 rings (SSSR count). The van der Waals surface area contributed by atoms with Crippen LogP contribution in [0.5, 0.6) is 0 Å². The summed E-state index contributed by atoms with van der Waals surface area (Å²) in [6.07, 6.45) is 94.4. The molecule has 0 aliphatic heterocycles. The zero-order chi connectivity index (χ0) is 59.2. The van der Waals surface area contributed by atoms with Gasteiger partial charge in [0, 0.05) is 19.3 Å². The second kappa shape index (κ2) is 69.8.